The monoisotopic (exact) mass is 378 g/mol. The summed E-state index contributed by atoms with van der Waals surface area (Å²) in [5, 5.41) is 12.2. The zero-order valence-corrected chi connectivity index (χ0v) is 16.1. The molecule has 0 aliphatic heterocycles. The lowest BCUT2D eigenvalue weighted by Crippen LogP contribution is -2.15. The number of ether oxygens (including phenoxy) is 3. The van der Waals surface area contributed by atoms with E-state index in [2.05, 4.69) is 18.2 Å². The number of hydrogen-bond acceptors (Lipinski definition) is 4. The summed E-state index contributed by atoms with van der Waals surface area (Å²) in [6, 6.07) is 13.9. The van der Waals surface area contributed by atoms with Gasteiger partial charge in [0.05, 0.1) is 21.3 Å². The molecule has 0 fully saturated rings. The molecule has 5 nitrogen and oxygen atoms in total. The first-order valence-corrected chi connectivity index (χ1v) is 9.17. The van der Waals surface area contributed by atoms with E-state index in [1.807, 2.05) is 18.2 Å². The molecule has 1 N–H and O–H groups in total. The van der Waals surface area contributed by atoms with Crippen LogP contribution in [0.4, 0.5) is 0 Å². The van der Waals surface area contributed by atoms with Crippen molar-refractivity contribution in [2.45, 2.75) is 18.8 Å². The van der Waals surface area contributed by atoms with E-state index in [1.54, 1.807) is 13.2 Å². The third-order valence-corrected chi connectivity index (χ3v) is 5.58. The van der Waals surface area contributed by atoms with Crippen LogP contribution >= 0.6 is 0 Å². The highest BCUT2D eigenvalue weighted by Crippen LogP contribution is 2.46. The van der Waals surface area contributed by atoms with E-state index in [4.69, 9.17) is 14.2 Å². The number of carbonyl (C=O) groups is 1. The second kappa shape index (κ2) is 7.08. The number of carboxylic acids is 1. The third-order valence-electron chi connectivity index (χ3n) is 5.58. The second-order valence-corrected chi connectivity index (χ2v) is 6.86. The Labute approximate surface area is 163 Å². The zero-order valence-electron chi connectivity index (χ0n) is 16.1. The molecular weight excluding hydrogens is 356 g/mol. The van der Waals surface area contributed by atoms with E-state index in [9.17, 15) is 9.90 Å². The Morgan fingerprint density at radius 3 is 2.36 bits per heavy atom. The minimum absolute atomic E-state index is 0.0470. The summed E-state index contributed by atoms with van der Waals surface area (Å²) < 4.78 is 16.3. The van der Waals surface area contributed by atoms with Crippen LogP contribution in [-0.2, 0) is 6.42 Å². The lowest BCUT2D eigenvalue weighted by atomic mass is 9.76. The molecule has 0 bridgehead atoms. The molecule has 28 heavy (non-hydrogen) atoms. The van der Waals surface area contributed by atoms with Crippen molar-refractivity contribution in [2.75, 3.05) is 21.3 Å². The van der Waals surface area contributed by atoms with Crippen molar-refractivity contribution in [3.05, 3.63) is 64.7 Å². The van der Waals surface area contributed by atoms with E-state index in [0.717, 1.165) is 40.5 Å². The molecule has 0 saturated carbocycles. The van der Waals surface area contributed by atoms with Crippen LogP contribution in [0.15, 0.2) is 42.5 Å². The molecule has 0 radical (unpaired) electrons. The Morgan fingerprint density at radius 2 is 1.68 bits per heavy atom. The van der Waals surface area contributed by atoms with Gasteiger partial charge in [0, 0.05) is 11.3 Å². The largest absolute Gasteiger partial charge is 0.496 e. The number of carboxylic acid groups (broad SMARTS) is 1. The maximum Gasteiger partial charge on any atom is 0.339 e. The van der Waals surface area contributed by atoms with Gasteiger partial charge in [0.1, 0.15) is 11.3 Å². The van der Waals surface area contributed by atoms with Crippen LogP contribution in [0.25, 0.3) is 10.8 Å². The summed E-state index contributed by atoms with van der Waals surface area (Å²) in [4.78, 5) is 12.1. The summed E-state index contributed by atoms with van der Waals surface area (Å²) >= 11 is 0. The van der Waals surface area contributed by atoms with Crippen molar-refractivity contribution in [3.8, 4) is 17.2 Å². The van der Waals surface area contributed by atoms with Gasteiger partial charge < -0.3 is 19.3 Å². The number of methoxy groups -OCH3 is 3. The zero-order chi connectivity index (χ0) is 19.8. The summed E-state index contributed by atoms with van der Waals surface area (Å²) in [6.45, 7) is 0. The first-order valence-electron chi connectivity index (χ1n) is 9.17. The standard InChI is InChI=1S/C23H22O5/c1-26-18-11-8-13-7-9-14(15-5-4-6-17(18)20(13)15)16-10-12-19(27-2)22(28-3)21(16)23(24)25/h4-6,8,10-12,14H,7,9H2,1-3H3,(H,24,25). The van der Waals surface area contributed by atoms with Gasteiger partial charge in [-0.25, -0.2) is 4.79 Å². The molecule has 1 aliphatic rings. The van der Waals surface area contributed by atoms with Gasteiger partial charge in [0.25, 0.3) is 0 Å². The molecule has 1 atom stereocenters. The fraction of sp³-hybridized carbons (Fsp3) is 0.261. The maximum absolute atomic E-state index is 12.1. The Morgan fingerprint density at radius 1 is 0.929 bits per heavy atom. The van der Waals surface area contributed by atoms with Crippen molar-refractivity contribution in [2.24, 2.45) is 0 Å². The van der Waals surface area contributed by atoms with Gasteiger partial charge in [-0.05, 0) is 47.1 Å². The van der Waals surface area contributed by atoms with Gasteiger partial charge in [-0.3, -0.25) is 0 Å². The van der Waals surface area contributed by atoms with Gasteiger partial charge in [0.15, 0.2) is 11.5 Å². The summed E-state index contributed by atoms with van der Waals surface area (Å²) in [7, 11) is 4.64. The van der Waals surface area contributed by atoms with Gasteiger partial charge in [-0.15, -0.1) is 0 Å². The molecule has 0 aromatic heterocycles. The topological polar surface area (TPSA) is 65.0 Å². The molecular formula is C23H22O5. The SMILES string of the molecule is COc1ccc(C2CCc3ccc(OC)c4cccc2c34)c(C(=O)O)c1OC. The van der Waals surface area contributed by atoms with Crippen molar-refractivity contribution in [1.29, 1.82) is 0 Å². The van der Waals surface area contributed by atoms with Crippen LogP contribution in [0.3, 0.4) is 0 Å². The van der Waals surface area contributed by atoms with Crippen molar-refractivity contribution in [1.82, 2.24) is 0 Å². The fourth-order valence-corrected chi connectivity index (χ4v) is 4.39. The van der Waals surface area contributed by atoms with E-state index in [0.29, 0.717) is 5.75 Å². The highest BCUT2D eigenvalue weighted by atomic mass is 16.5. The lowest BCUT2D eigenvalue weighted by molar-refractivity contribution is 0.0691. The highest BCUT2D eigenvalue weighted by molar-refractivity contribution is 5.97. The first-order chi connectivity index (χ1) is 13.6. The van der Waals surface area contributed by atoms with Crippen molar-refractivity contribution in [3.63, 3.8) is 0 Å². The molecule has 1 aliphatic carbocycles. The van der Waals surface area contributed by atoms with Crippen LogP contribution < -0.4 is 14.2 Å². The number of rotatable bonds is 5. The van der Waals surface area contributed by atoms with Gasteiger partial charge in [-0.1, -0.05) is 30.3 Å². The fourth-order valence-electron chi connectivity index (χ4n) is 4.39. The van der Waals surface area contributed by atoms with Crippen molar-refractivity contribution < 1.29 is 24.1 Å². The summed E-state index contributed by atoms with van der Waals surface area (Å²) in [6.07, 6.45) is 1.70. The van der Waals surface area contributed by atoms with E-state index in [-0.39, 0.29) is 17.2 Å². The molecule has 5 heteroatoms. The molecule has 1 unspecified atom stereocenters. The Hall–Kier alpha value is -3.21. The second-order valence-electron chi connectivity index (χ2n) is 6.86. The molecule has 144 valence electrons. The van der Waals surface area contributed by atoms with Crippen LogP contribution in [0.1, 0.15) is 39.4 Å². The van der Waals surface area contributed by atoms with Crippen LogP contribution in [0, 0.1) is 0 Å². The summed E-state index contributed by atoms with van der Waals surface area (Å²) in [5.41, 5.74) is 3.29. The third kappa shape index (κ3) is 2.66. The Kier molecular flexibility index (Phi) is 4.59. The molecule has 0 heterocycles. The molecule has 4 rings (SSSR count). The van der Waals surface area contributed by atoms with Crippen LogP contribution in [0.2, 0.25) is 0 Å². The van der Waals surface area contributed by atoms with Gasteiger partial charge in [-0.2, -0.15) is 0 Å². The van der Waals surface area contributed by atoms with Crippen LogP contribution in [-0.4, -0.2) is 32.4 Å². The predicted octanol–water partition coefficient (Wildman–Crippen LogP) is 4.64. The van der Waals surface area contributed by atoms with Gasteiger partial charge >= 0.3 is 5.97 Å². The Bertz CT molecular complexity index is 1070. The smallest absolute Gasteiger partial charge is 0.339 e. The number of hydrogen-bond donors (Lipinski definition) is 1. The quantitative estimate of drug-likeness (QED) is 0.701. The highest BCUT2D eigenvalue weighted by Gasteiger charge is 2.30. The molecule has 0 spiro atoms. The van der Waals surface area contributed by atoms with Gasteiger partial charge in [0.2, 0.25) is 0 Å². The molecule has 0 saturated heterocycles. The summed E-state index contributed by atoms with van der Waals surface area (Å²) in [5.74, 6) is 0.437. The average molecular weight is 378 g/mol. The van der Waals surface area contributed by atoms with Crippen molar-refractivity contribution >= 4 is 16.7 Å². The minimum Gasteiger partial charge on any atom is -0.496 e. The van der Waals surface area contributed by atoms with Crippen LogP contribution in [0.5, 0.6) is 17.2 Å². The average Bonchev–Trinajstić information content (AvgIpc) is 2.73. The predicted molar refractivity (Wildman–Crippen MR) is 107 cm³/mol. The minimum atomic E-state index is -1.02. The molecule has 3 aromatic carbocycles. The maximum atomic E-state index is 12.1. The van der Waals surface area contributed by atoms with E-state index >= 15 is 0 Å². The molecule has 0 amide bonds. The first kappa shape index (κ1) is 18.2. The Balaban J connectivity index is 1.98. The number of aromatic carboxylic acids is 1. The lowest BCUT2D eigenvalue weighted by Gasteiger charge is -2.28. The molecule has 3 aromatic rings. The number of benzene rings is 3. The normalized spacial score (nSPS) is 15.3. The number of aryl methyl sites for hydroxylation is 1. The van der Waals surface area contributed by atoms with E-state index in [1.165, 1.54) is 19.8 Å². The van der Waals surface area contributed by atoms with E-state index < -0.39 is 5.97 Å².